The number of nitrogens with zero attached hydrogens (tertiary/aromatic N) is 2. The number of nitriles is 1. The summed E-state index contributed by atoms with van der Waals surface area (Å²) in [6.07, 6.45) is -4.53. The Labute approximate surface area is 159 Å². The molecule has 2 aromatic rings. The van der Waals surface area contributed by atoms with Gasteiger partial charge >= 0.3 is 6.18 Å². The predicted molar refractivity (Wildman–Crippen MR) is 89.0 cm³/mol. The Kier molecular flexibility index (Phi) is 5.79. The molecule has 0 radical (unpaired) electrons. The van der Waals surface area contributed by atoms with Crippen molar-refractivity contribution in [1.29, 1.82) is 5.26 Å². The Morgan fingerprint density at radius 1 is 0.958 bits per heavy atom. The van der Waals surface area contributed by atoms with Crippen molar-refractivity contribution >= 4 is 58.0 Å². The van der Waals surface area contributed by atoms with Crippen molar-refractivity contribution in [1.82, 2.24) is 4.98 Å². The second-order valence-corrected chi connectivity index (χ2v) is 6.39. The van der Waals surface area contributed by atoms with Crippen LogP contribution in [0.15, 0.2) is 12.3 Å². The van der Waals surface area contributed by atoms with Crippen LogP contribution in [0.1, 0.15) is 11.1 Å². The molecule has 0 saturated carbocycles. The lowest BCUT2D eigenvalue weighted by Gasteiger charge is -2.15. The molecule has 0 aliphatic heterocycles. The quantitative estimate of drug-likeness (QED) is 0.373. The van der Waals surface area contributed by atoms with Crippen LogP contribution >= 0.6 is 58.0 Å². The van der Waals surface area contributed by atoms with E-state index in [1.165, 1.54) is 0 Å². The first kappa shape index (κ1) is 19.4. The zero-order valence-corrected chi connectivity index (χ0v) is 15.1. The Bertz CT molecular complexity index is 830. The van der Waals surface area contributed by atoms with Gasteiger partial charge in [0.05, 0.1) is 48.9 Å². The van der Waals surface area contributed by atoms with E-state index in [1.807, 2.05) is 0 Å². The molecule has 0 fully saturated rings. The Morgan fingerprint density at radius 2 is 1.46 bits per heavy atom. The fourth-order valence-electron chi connectivity index (χ4n) is 1.95. The number of hydrogen-bond acceptors (Lipinski definition) is 2. The van der Waals surface area contributed by atoms with Crippen LogP contribution in [0.3, 0.4) is 0 Å². The fourth-order valence-corrected chi connectivity index (χ4v) is 3.28. The maximum absolute atomic E-state index is 13.0. The lowest BCUT2D eigenvalue weighted by atomic mass is 10.0. The molecule has 0 amide bonds. The molecular formula is C14H4Cl5F3N2. The zero-order chi connectivity index (χ0) is 18.2. The third-order valence-corrected chi connectivity index (χ3v) is 5.31. The molecule has 2 rings (SSSR count). The second-order valence-electron chi connectivity index (χ2n) is 4.50. The minimum atomic E-state index is -4.65. The van der Waals surface area contributed by atoms with E-state index < -0.39 is 18.2 Å². The van der Waals surface area contributed by atoms with Crippen molar-refractivity contribution < 1.29 is 13.2 Å². The smallest absolute Gasteiger partial charge is 0.255 e. The largest absolute Gasteiger partial charge is 0.418 e. The van der Waals surface area contributed by atoms with Crippen molar-refractivity contribution in [2.24, 2.45) is 0 Å². The topological polar surface area (TPSA) is 36.7 Å². The van der Waals surface area contributed by atoms with Gasteiger partial charge in [0, 0.05) is 11.8 Å². The summed E-state index contributed by atoms with van der Waals surface area (Å²) in [5, 5.41) is 8.25. The highest BCUT2D eigenvalue weighted by molar-refractivity contribution is 6.56. The molecule has 0 unspecified atom stereocenters. The van der Waals surface area contributed by atoms with Gasteiger partial charge in [-0.2, -0.15) is 18.4 Å². The van der Waals surface area contributed by atoms with E-state index in [1.54, 1.807) is 6.07 Å². The highest BCUT2D eigenvalue weighted by atomic mass is 35.5. The lowest BCUT2D eigenvalue weighted by Crippen LogP contribution is -2.10. The molecular weight excluding hydrogens is 430 g/mol. The summed E-state index contributed by atoms with van der Waals surface area (Å²) in [6, 6.07) is 2.74. The summed E-state index contributed by atoms with van der Waals surface area (Å²) in [5.74, 6) is 0. The zero-order valence-electron chi connectivity index (χ0n) is 11.3. The molecule has 0 bridgehead atoms. The molecule has 126 valence electrons. The average molecular weight is 434 g/mol. The van der Waals surface area contributed by atoms with Crippen LogP contribution in [-0.2, 0) is 12.6 Å². The number of benzene rings is 1. The van der Waals surface area contributed by atoms with Crippen LogP contribution in [0.5, 0.6) is 0 Å². The van der Waals surface area contributed by atoms with Gasteiger partial charge in [-0.1, -0.05) is 58.0 Å². The van der Waals surface area contributed by atoms with Crippen LogP contribution < -0.4 is 0 Å². The maximum Gasteiger partial charge on any atom is 0.418 e. The van der Waals surface area contributed by atoms with Crippen LogP contribution in [0.2, 0.25) is 25.1 Å². The van der Waals surface area contributed by atoms with Crippen molar-refractivity contribution in [3.8, 4) is 17.3 Å². The van der Waals surface area contributed by atoms with Gasteiger partial charge in [-0.15, -0.1) is 0 Å². The SMILES string of the molecule is N#CCc1cc(-c2c(Cl)c(Cl)c(Cl)c(Cl)c2Cl)ncc1C(F)(F)F. The molecule has 1 heterocycles. The molecule has 0 saturated heterocycles. The van der Waals surface area contributed by atoms with Crippen LogP contribution in [0.25, 0.3) is 11.3 Å². The van der Waals surface area contributed by atoms with Gasteiger partial charge in [-0.3, -0.25) is 4.98 Å². The Morgan fingerprint density at radius 3 is 1.92 bits per heavy atom. The number of rotatable bonds is 2. The summed E-state index contributed by atoms with van der Waals surface area (Å²) in [4.78, 5) is 3.73. The summed E-state index contributed by atoms with van der Waals surface area (Å²) < 4.78 is 39.0. The minimum absolute atomic E-state index is 0.0104. The van der Waals surface area contributed by atoms with E-state index >= 15 is 0 Å². The highest BCUT2D eigenvalue weighted by Crippen LogP contribution is 2.48. The van der Waals surface area contributed by atoms with Crippen LogP contribution in [-0.4, -0.2) is 4.98 Å². The maximum atomic E-state index is 13.0. The van der Waals surface area contributed by atoms with E-state index in [0.717, 1.165) is 6.07 Å². The first-order valence-corrected chi connectivity index (χ1v) is 7.93. The number of pyridine rings is 1. The molecule has 1 aromatic heterocycles. The van der Waals surface area contributed by atoms with Crippen molar-refractivity contribution in [2.75, 3.05) is 0 Å². The normalized spacial score (nSPS) is 11.5. The predicted octanol–water partition coefficient (Wildman–Crippen LogP) is 7.10. The van der Waals surface area contributed by atoms with Crippen molar-refractivity contribution in [3.05, 3.63) is 48.5 Å². The summed E-state index contributed by atoms with van der Waals surface area (Å²) in [5.41, 5.74) is -1.27. The molecule has 0 spiro atoms. The Balaban J connectivity index is 2.76. The van der Waals surface area contributed by atoms with Crippen molar-refractivity contribution in [3.63, 3.8) is 0 Å². The van der Waals surface area contributed by atoms with E-state index in [0.29, 0.717) is 6.20 Å². The number of aromatic nitrogens is 1. The van der Waals surface area contributed by atoms with Gasteiger partial charge in [0.25, 0.3) is 0 Å². The molecule has 0 aliphatic carbocycles. The summed E-state index contributed by atoms with van der Waals surface area (Å²) in [7, 11) is 0. The van der Waals surface area contributed by atoms with Gasteiger partial charge in [0.1, 0.15) is 0 Å². The number of alkyl halides is 3. The van der Waals surface area contributed by atoms with E-state index in [2.05, 4.69) is 4.98 Å². The standard InChI is InChI=1S/C14H4Cl5F3N2/c15-9-8(10(16)12(18)13(19)11(9)17)7-3-5(1-2-23)6(4-24-7)14(20,21)22/h3-4H,1H2. The van der Waals surface area contributed by atoms with E-state index in [4.69, 9.17) is 63.3 Å². The van der Waals surface area contributed by atoms with E-state index in [9.17, 15) is 13.2 Å². The second kappa shape index (κ2) is 7.15. The monoisotopic (exact) mass is 432 g/mol. The number of halogens is 8. The molecule has 10 heteroatoms. The molecule has 0 N–H and O–H groups in total. The van der Waals surface area contributed by atoms with Gasteiger partial charge in [0.2, 0.25) is 0 Å². The molecule has 0 aliphatic rings. The van der Waals surface area contributed by atoms with Crippen LogP contribution in [0, 0.1) is 11.3 Å². The first-order valence-electron chi connectivity index (χ1n) is 6.04. The molecule has 24 heavy (non-hydrogen) atoms. The third kappa shape index (κ3) is 3.54. The molecule has 2 nitrogen and oxygen atoms in total. The summed E-state index contributed by atoms with van der Waals surface area (Å²) in [6.45, 7) is 0. The van der Waals surface area contributed by atoms with Crippen molar-refractivity contribution in [2.45, 2.75) is 12.6 Å². The lowest BCUT2D eigenvalue weighted by molar-refractivity contribution is -0.138. The van der Waals surface area contributed by atoms with Gasteiger partial charge in [-0.05, 0) is 11.6 Å². The first-order chi connectivity index (χ1) is 11.1. The highest BCUT2D eigenvalue weighted by Gasteiger charge is 2.34. The van der Waals surface area contributed by atoms with Gasteiger partial charge < -0.3 is 0 Å². The van der Waals surface area contributed by atoms with Gasteiger partial charge in [-0.25, -0.2) is 0 Å². The number of hydrogen-bond donors (Lipinski definition) is 0. The average Bonchev–Trinajstić information content (AvgIpc) is 2.51. The molecule has 0 atom stereocenters. The van der Waals surface area contributed by atoms with Crippen LogP contribution in [0.4, 0.5) is 13.2 Å². The Hall–Kier alpha value is -0.900. The van der Waals surface area contributed by atoms with Gasteiger partial charge in [0.15, 0.2) is 0 Å². The third-order valence-electron chi connectivity index (χ3n) is 3.03. The van der Waals surface area contributed by atoms with E-state index in [-0.39, 0.29) is 41.9 Å². The molecule has 1 aromatic carbocycles. The fraction of sp³-hybridized carbons (Fsp3) is 0.143. The summed E-state index contributed by atoms with van der Waals surface area (Å²) >= 11 is 29.9. The minimum Gasteiger partial charge on any atom is -0.255 e.